The Bertz CT molecular complexity index is 267. The molecule has 0 unspecified atom stereocenters. The van der Waals surface area contributed by atoms with Crippen molar-refractivity contribution in [3.8, 4) is 0 Å². The molecule has 1 aromatic rings. The summed E-state index contributed by atoms with van der Waals surface area (Å²) in [4.78, 5) is 2.27. The van der Waals surface area contributed by atoms with Crippen LogP contribution < -0.4 is 4.90 Å². The molecule has 2 heterocycles. The van der Waals surface area contributed by atoms with Gasteiger partial charge in [-0.3, -0.25) is 0 Å². The summed E-state index contributed by atoms with van der Waals surface area (Å²) in [6, 6.07) is 4.03. The van der Waals surface area contributed by atoms with Gasteiger partial charge in [0.2, 0.25) is 0 Å². The van der Waals surface area contributed by atoms with Crippen molar-refractivity contribution in [3.05, 3.63) is 17.8 Å². The van der Waals surface area contributed by atoms with Crippen molar-refractivity contribution in [1.29, 1.82) is 0 Å². The number of hydrogen-bond acceptors (Lipinski definition) is 4. The Labute approximate surface area is 83.6 Å². The van der Waals surface area contributed by atoms with Gasteiger partial charge >= 0.3 is 0 Å². The predicted molar refractivity (Wildman–Crippen MR) is 56.2 cm³/mol. The molecule has 70 valence electrons. The second kappa shape index (κ2) is 3.96. The summed E-state index contributed by atoms with van der Waals surface area (Å²) in [5.41, 5.74) is 0.936. The van der Waals surface area contributed by atoms with Gasteiger partial charge in [-0.2, -0.15) is 17.7 Å². The highest BCUT2D eigenvalue weighted by Gasteiger charge is 2.13. The number of anilines is 1. The molecule has 13 heavy (non-hydrogen) atoms. The number of aromatic nitrogens is 2. The highest BCUT2D eigenvalue weighted by molar-refractivity contribution is 7.79. The first-order valence-electron chi connectivity index (χ1n) is 4.58. The van der Waals surface area contributed by atoms with E-state index in [4.69, 9.17) is 0 Å². The second-order valence-electron chi connectivity index (χ2n) is 3.24. The van der Waals surface area contributed by atoms with Crippen molar-refractivity contribution >= 4 is 18.4 Å². The summed E-state index contributed by atoms with van der Waals surface area (Å²) < 4.78 is 0. The Hall–Kier alpha value is -0.770. The van der Waals surface area contributed by atoms with E-state index >= 15 is 0 Å². The molecular formula is C9H13N3S. The maximum atomic E-state index is 4.16. The van der Waals surface area contributed by atoms with Crippen LogP contribution >= 0.6 is 12.6 Å². The summed E-state index contributed by atoms with van der Waals surface area (Å²) >= 11 is 4.14. The average molecular weight is 195 g/mol. The van der Waals surface area contributed by atoms with E-state index < -0.39 is 0 Å². The molecule has 0 radical (unpaired) electrons. The lowest BCUT2D eigenvalue weighted by atomic mass is 10.4. The average Bonchev–Trinajstić information content (AvgIpc) is 2.71. The van der Waals surface area contributed by atoms with Gasteiger partial charge in [0.1, 0.15) is 0 Å². The summed E-state index contributed by atoms with van der Waals surface area (Å²) in [7, 11) is 0. The number of hydrogen-bond donors (Lipinski definition) is 1. The minimum Gasteiger partial charge on any atom is -0.355 e. The smallest absolute Gasteiger partial charge is 0.151 e. The summed E-state index contributed by atoms with van der Waals surface area (Å²) in [5, 5.41) is 8.23. The van der Waals surface area contributed by atoms with Crippen LogP contribution in [0.5, 0.6) is 0 Å². The normalized spacial score (nSPS) is 16.5. The largest absolute Gasteiger partial charge is 0.355 e. The molecule has 0 amide bonds. The fraction of sp³-hybridized carbons (Fsp3) is 0.556. The van der Waals surface area contributed by atoms with Gasteiger partial charge in [0, 0.05) is 18.8 Å². The zero-order valence-corrected chi connectivity index (χ0v) is 8.37. The molecule has 4 heteroatoms. The zero-order valence-electron chi connectivity index (χ0n) is 7.48. The Morgan fingerprint density at radius 1 is 1.23 bits per heavy atom. The van der Waals surface area contributed by atoms with Crippen LogP contribution in [0.25, 0.3) is 0 Å². The van der Waals surface area contributed by atoms with Crippen LogP contribution in [-0.2, 0) is 5.75 Å². The van der Waals surface area contributed by atoms with E-state index in [1.807, 2.05) is 12.1 Å². The van der Waals surface area contributed by atoms with Gasteiger partial charge in [0.05, 0.1) is 5.69 Å². The molecule has 1 saturated heterocycles. The molecule has 3 nitrogen and oxygen atoms in total. The molecule has 2 rings (SSSR count). The van der Waals surface area contributed by atoms with Gasteiger partial charge in [-0.05, 0) is 25.0 Å². The Balaban J connectivity index is 2.12. The monoisotopic (exact) mass is 195 g/mol. The van der Waals surface area contributed by atoms with Crippen LogP contribution in [0.15, 0.2) is 12.1 Å². The van der Waals surface area contributed by atoms with E-state index in [0.29, 0.717) is 5.75 Å². The maximum Gasteiger partial charge on any atom is 0.151 e. The molecule has 0 bridgehead atoms. The lowest BCUT2D eigenvalue weighted by Gasteiger charge is -2.14. The van der Waals surface area contributed by atoms with Crippen molar-refractivity contribution < 1.29 is 0 Å². The standard InChI is InChI=1S/C9H13N3S/c13-7-8-3-4-9(11-10-8)12-5-1-2-6-12/h3-4,13H,1-2,5-7H2. The fourth-order valence-electron chi connectivity index (χ4n) is 1.55. The first-order chi connectivity index (χ1) is 6.40. The molecule has 0 spiro atoms. The number of nitrogens with zero attached hydrogens (tertiary/aromatic N) is 3. The van der Waals surface area contributed by atoms with Crippen molar-refractivity contribution in [3.63, 3.8) is 0 Å². The fourth-order valence-corrected chi connectivity index (χ4v) is 1.72. The Kier molecular flexibility index (Phi) is 2.68. The van der Waals surface area contributed by atoms with Crippen LogP contribution in [0.3, 0.4) is 0 Å². The minimum atomic E-state index is 0.660. The van der Waals surface area contributed by atoms with Gasteiger partial charge in [0.15, 0.2) is 5.82 Å². The molecule has 0 atom stereocenters. The first kappa shape index (κ1) is 8.81. The molecule has 1 aromatic heterocycles. The van der Waals surface area contributed by atoms with Crippen LogP contribution in [0.4, 0.5) is 5.82 Å². The number of thiol groups is 1. The minimum absolute atomic E-state index is 0.660. The summed E-state index contributed by atoms with van der Waals surface area (Å²) in [5.74, 6) is 1.66. The van der Waals surface area contributed by atoms with E-state index in [1.165, 1.54) is 12.8 Å². The third-order valence-corrected chi connectivity index (χ3v) is 2.62. The topological polar surface area (TPSA) is 29.0 Å². The molecule has 0 aliphatic carbocycles. The van der Waals surface area contributed by atoms with Crippen LogP contribution in [0.1, 0.15) is 18.5 Å². The van der Waals surface area contributed by atoms with Crippen molar-refractivity contribution in [2.24, 2.45) is 0 Å². The molecule has 1 fully saturated rings. The van der Waals surface area contributed by atoms with E-state index in [1.54, 1.807) is 0 Å². The Morgan fingerprint density at radius 3 is 2.54 bits per heavy atom. The second-order valence-corrected chi connectivity index (χ2v) is 3.55. The van der Waals surface area contributed by atoms with Crippen molar-refractivity contribution in [1.82, 2.24) is 10.2 Å². The predicted octanol–water partition coefficient (Wildman–Crippen LogP) is 1.51. The first-order valence-corrected chi connectivity index (χ1v) is 5.22. The van der Waals surface area contributed by atoms with Crippen LogP contribution in [0, 0.1) is 0 Å². The maximum absolute atomic E-state index is 4.16. The number of rotatable bonds is 2. The molecule has 0 saturated carbocycles. The van der Waals surface area contributed by atoms with Crippen LogP contribution in [-0.4, -0.2) is 23.3 Å². The Morgan fingerprint density at radius 2 is 2.00 bits per heavy atom. The highest BCUT2D eigenvalue weighted by Crippen LogP contribution is 2.16. The lowest BCUT2D eigenvalue weighted by Crippen LogP contribution is -2.19. The highest BCUT2D eigenvalue weighted by atomic mass is 32.1. The summed E-state index contributed by atoms with van der Waals surface area (Å²) in [6.45, 7) is 2.24. The van der Waals surface area contributed by atoms with Gasteiger partial charge < -0.3 is 4.90 Å². The van der Waals surface area contributed by atoms with E-state index in [0.717, 1.165) is 24.6 Å². The molecular weight excluding hydrogens is 182 g/mol. The van der Waals surface area contributed by atoms with Crippen molar-refractivity contribution in [2.45, 2.75) is 18.6 Å². The van der Waals surface area contributed by atoms with Gasteiger partial charge in [-0.1, -0.05) is 0 Å². The van der Waals surface area contributed by atoms with Gasteiger partial charge in [-0.25, -0.2) is 0 Å². The van der Waals surface area contributed by atoms with E-state index in [9.17, 15) is 0 Å². The molecule has 1 aliphatic heterocycles. The molecule has 1 aliphatic rings. The molecule has 0 aromatic carbocycles. The lowest BCUT2D eigenvalue weighted by molar-refractivity contribution is 0.877. The quantitative estimate of drug-likeness (QED) is 0.725. The molecule has 0 N–H and O–H groups in total. The van der Waals surface area contributed by atoms with E-state index in [-0.39, 0.29) is 0 Å². The zero-order chi connectivity index (χ0) is 9.10. The van der Waals surface area contributed by atoms with E-state index in [2.05, 4.69) is 27.7 Å². The van der Waals surface area contributed by atoms with Crippen LogP contribution in [0.2, 0.25) is 0 Å². The third-order valence-electron chi connectivity index (χ3n) is 2.30. The van der Waals surface area contributed by atoms with Gasteiger partial charge in [-0.15, -0.1) is 5.10 Å². The van der Waals surface area contributed by atoms with Gasteiger partial charge in [0.25, 0.3) is 0 Å². The third kappa shape index (κ3) is 1.94. The van der Waals surface area contributed by atoms with Crippen molar-refractivity contribution in [2.75, 3.05) is 18.0 Å². The summed E-state index contributed by atoms with van der Waals surface area (Å²) in [6.07, 6.45) is 2.55. The SMILES string of the molecule is SCc1ccc(N2CCCC2)nn1.